The number of alkyl halides is 3. The van der Waals surface area contributed by atoms with Gasteiger partial charge < -0.3 is 9.52 Å². The molecule has 0 saturated heterocycles. The average Bonchev–Trinajstić information content (AvgIpc) is 2.26. The minimum Gasteiger partial charge on any atom is -0.478 e. The maximum atomic E-state index is 12.7. The van der Waals surface area contributed by atoms with Crippen LogP contribution < -0.4 is 5.63 Å². The van der Waals surface area contributed by atoms with E-state index in [9.17, 15) is 22.8 Å². The second-order valence-corrected chi connectivity index (χ2v) is 4.50. The van der Waals surface area contributed by atoms with Crippen LogP contribution in [0, 0.1) is 0 Å². The van der Waals surface area contributed by atoms with Crippen molar-refractivity contribution < 1.29 is 27.5 Å². The molecule has 0 aliphatic heterocycles. The number of carbonyl (C=O) groups is 1. The highest BCUT2D eigenvalue weighted by Gasteiger charge is 2.40. The van der Waals surface area contributed by atoms with Crippen molar-refractivity contribution in [1.29, 1.82) is 0 Å². The minimum absolute atomic E-state index is 0.228. The number of hydrogen-bond donors (Lipinski definition) is 1. The van der Waals surface area contributed by atoms with Crippen molar-refractivity contribution in [3.63, 3.8) is 0 Å². The Balaban J connectivity index is 3.04. The Hall–Kier alpha value is -1.83. The van der Waals surface area contributed by atoms with Crippen LogP contribution in [0.5, 0.6) is 0 Å². The van der Waals surface area contributed by atoms with E-state index in [1.165, 1.54) is 12.1 Å². The maximum absolute atomic E-state index is 12.7. The Bertz CT molecular complexity index is 733. The number of fused-ring (bicyclic) bond motifs is 1. The zero-order valence-corrected chi connectivity index (χ0v) is 10.5. The van der Waals surface area contributed by atoms with Crippen molar-refractivity contribution in [3.8, 4) is 0 Å². The molecule has 0 unspecified atom stereocenters. The van der Waals surface area contributed by atoms with Crippen molar-refractivity contribution in [2.45, 2.75) is 6.18 Å². The number of halogens is 4. The zero-order valence-electron chi connectivity index (χ0n) is 8.92. The van der Waals surface area contributed by atoms with Crippen LogP contribution >= 0.6 is 15.9 Å². The van der Waals surface area contributed by atoms with Crippen LogP contribution in [0.3, 0.4) is 0 Å². The second kappa shape index (κ2) is 4.37. The quantitative estimate of drug-likeness (QED) is 0.867. The summed E-state index contributed by atoms with van der Waals surface area (Å²) in [5.74, 6) is -3.63. The van der Waals surface area contributed by atoms with Gasteiger partial charge in [-0.2, -0.15) is 13.2 Å². The molecule has 0 bridgehead atoms. The summed E-state index contributed by atoms with van der Waals surface area (Å²) in [7, 11) is 0. The van der Waals surface area contributed by atoms with E-state index < -0.39 is 29.1 Å². The number of carboxylic acid groups (broad SMARTS) is 1. The Morgan fingerprint density at radius 1 is 1.26 bits per heavy atom. The number of aromatic carboxylic acids is 1. The molecular weight excluding hydrogens is 333 g/mol. The molecule has 1 aromatic carbocycles. The number of rotatable bonds is 1. The molecule has 0 radical (unpaired) electrons. The first-order valence-electron chi connectivity index (χ1n) is 4.78. The number of benzene rings is 1. The van der Waals surface area contributed by atoms with Crippen molar-refractivity contribution in [2.75, 3.05) is 0 Å². The van der Waals surface area contributed by atoms with E-state index >= 15 is 0 Å². The molecular formula is C11H4BrF3O4. The highest BCUT2D eigenvalue weighted by molar-refractivity contribution is 9.10. The van der Waals surface area contributed by atoms with Gasteiger partial charge in [-0.25, -0.2) is 9.59 Å². The van der Waals surface area contributed by atoms with Gasteiger partial charge >= 0.3 is 17.8 Å². The topological polar surface area (TPSA) is 67.5 Å². The highest BCUT2D eigenvalue weighted by Crippen LogP contribution is 2.34. The molecule has 1 heterocycles. The Morgan fingerprint density at radius 3 is 2.42 bits per heavy atom. The fourth-order valence-electron chi connectivity index (χ4n) is 1.63. The fraction of sp³-hybridized carbons (Fsp3) is 0.0909. The molecule has 2 rings (SSSR count). The molecule has 0 spiro atoms. The number of hydrogen-bond acceptors (Lipinski definition) is 3. The van der Waals surface area contributed by atoms with E-state index in [2.05, 4.69) is 20.3 Å². The molecule has 2 aromatic rings. The Morgan fingerprint density at radius 2 is 1.89 bits per heavy atom. The lowest BCUT2D eigenvalue weighted by atomic mass is 10.1. The van der Waals surface area contributed by atoms with Crippen LogP contribution in [0.4, 0.5) is 13.2 Å². The average molecular weight is 337 g/mol. The van der Waals surface area contributed by atoms with Gasteiger partial charge in [-0.3, -0.25) is 0 Å². The summed E-state index contributed by atoms with van der Waals surface area (Å²) in [5.41, 5.74) is -2.32. The van der Waals surface area contributed by atoms with E-state index in [0.717, 1.165) is 6.07 Å². The van der Waals surface area contributed by atoms with Crippen LogP contribution in [-0.4, -0.2) is 11.1 Å². The van der Waals surface area contributed by atoms with E-state index in [-0.39, 0.29) is 10.8 Å². The van der Waals surface area contributed by atoms with Crippen LogP contribution in [0.2, 0.25) is 0 Å². The maximum Gasteiger partial charge on any atom is 0.450 e. The summed E-state index contributed by atoms with van der Waals surface area (Å²) in [5, 5.41) is 8.38. The Labute approximate surface area is 111 Å². The van der Waals surface area contributed by atoms with E-state index in [1.54, 1.807) is 0 Å². The van der Waals surface area contributed by atoms with Crippen LogP contribution in [0.25, 0.3) is 10.8 Å². The molecule has 100 valence electrons. The molecule has 1 aromatic heterocycles. The summed E-state index contributed by atoms with van der Waals surface area (Å²) < 4.78 is 42.6. The zero-order chi connectivity index (χ0) is 14.4. The Kier molecular flexibility index (Phi) is 3.13. The molecule has 0 aliphatic rings. The molecule has 0 amide bonds. The van der Waals surface area contributed by atoms with Crippen LogP contribution in [0.15, 0.2) is 31.9 Å². The smallest absolute Gasteiger partial charge is 0.450 e. The molecule has 0 fully saturated rings. The van der Waals surface area contributed by atoms with Gasteiger partial charge in [0.25, 0.3) is 0 Å². The lowest BCUT2D eigenvalue weighted by Gasteiger charge is -2.10. The molecule has 8 heteroatoms. The third kappa shape index (κ3) is 2.35. The van der Waals surface area contributed by atoms with Gasteiger partial charge in [0.15, 0.2) is 0 Å². The van der Waals surface area contributed by atoms with Crippen molar-refractivity contribution in [1.82, 2.24) is 0 Å². The molecule has 1 N–H and O–H groups in total. The van der Waals surface area contributed by atoms with Gasteiger partial charge in [0.2, 0.25) is 5.76 Å². The predicted octanol–water partition coefficient (Wildman–Crippen LogP) is 3.27. The lowest BCUT2D eigenvalue weighted by Crippen LogP contribution is -2.18. The van der Waals surface area contributed by atoms with Gasteiger partial charge in [0.05, 0.1) is 5.39 Å². The number of carboxylic acids is 1. The van der Waals surface area contributed by atoms with Gasteiger partial charge in [0, 0.05) is 9.86 Å². The molecule has 0 atom stereocenters. The van der Waals surface area contributed by atoms with Crippen molar-refractivity contribution in [3.05, 3.63) is 44.4 Å². The third-order valence-electron chi connectivity index (χ3n) is 2.36. The SMILES string of the molecule is O=C(O)c1c(C(F)(F)F)oc(=O)c2ccc(Br)cc12. The van der Waals surface area contributed by atoms with Gasteiger partial charge in [0.1, 0.15) is 5.56 Å². The minimum atomic E-state index is -5.07. The molecule has 4 nitrogen and oxygen atoms in total. The predicted molar refractivity (Wildman–Crippen MR) is 62.1 cm³/mol. The van der Waals surface area contributed by atoms with Crippen molar-refractivity contribution in [2.24, 2.45) is 0 Å². The second-order valence-electron chi connectivity index (χ2n) is 3.59. The van der Waals surface area contributed by atoms with Crippen LogP contribution in [-0.2, 0) is 6.18 Å². The summed E-state index contributed by atoms with van der Waals surface area (Å²) in [6, 6.07) is 3.72. The highest BCUT2D eigenvalue weighted by atomic mass is 79.9. The first-order chi connectivity index (χ1) is 8.71. The summed E-state index contributed by atoms with van der Waals surface area (Å²) in [6.07, 6.45) is -5.07. The third-order valence-corrected chi connectivity index (χ3v) is 2.86. The monoisotopic (exact) mass is 336 g/mol. The summed E-state index contributed by atoms with van der Waals surface area (Å²) >= 11 is 3.01. The van der Waals surface area contributed by atoms with Gasteiger partial charge in [-0.05, 0) is 18.2 Å². The summed E-state index contributed by atoms with van der Waals surface area (Å²) in [6.45, 7) is 0. The fourth-order valence-corrected chi connectivity index (χ4v) is 2.00. The lowest BCUT2D eigenvalue weighted by molar-refractivity contribution is -0.154. The van der Waals surface area contributed by atoms with Crippen molar-refractivity contribution >= 4 is 32.7 Å². The van der Waals surface area contributed by atoms with E-state index in [1.807, 2.05) is 0 Å². The largest absolute Gasteiger partial charge is 0.478 e. The molecule has 0 aliphatic carbocycles. The standard InChI is InChI=1S/C11H4BrF3O4/c12-4-1-2-5-6(3-4)7(9(16)17)8(11(13,14)15)19-10(5)18/h1-3H,(H,16,17). The van der Waals surface area contributed by atoms with E-state index in [0.29, 0.717) is 4.47 Å². The van der Waals surface area contributed by atoms with E-state index in [4.69, 9.17) is 5.11 Å². The molecule has 0 saturated carbocycles. The summed E-state index contributed by atoms with van der Waals surface area (Å²) in [4.78, 5) is 22.5. The van der Waals surface area contributed by atoms with Gasteiger partial charge in [-0.15, -0.1) is 0 Å². The first kappa shape index (κ1) is 13.6. The van der Waals surface area contributed by atoms with Crippen LogP contribution in [0.1, 0.15) is 16.1 Å². The molecule has 19 heavy (non-hydrogen) atoms. The van der Waals surface area contributed by atoms with Gasteiger partial charge in [-0.1, -0.05) is 15.9 Å². The normalized spacial score (nSPS) is 11.8. The first-order valence-corrected chi connectivity index (χ1v) is 5.58.